The van der Waals surface area contributed by atoms with Gasteiger partial charge in [0.05, 0.1) is 11.0 Å². The maximum atomic E-state index is 5.70. The van der Waals surface area contributed by atoms with Crippen molar-refractivity contribution in [3.05, 3.63) is 51.5 Å². The molecule has 0 amide bonds. The fraction of sp³-hybridized carbons (Fsp3) is 0.353. The van der Waals surface area contributed by atoms with E-state index in [9.17, 15) is 0 Å². The highest BCUT2D eigenvalue weighted by molar-refractivity contribution is 7.09. The van der Waals surface area contributed by atoms with Gasteiger partial charge < -0.3 is 10.3 Å². The minimum atomic E-state index is 0.711. The largest absolute Gasteiger partial charge is 0.330 e. The molecule has 0 radical (unpaired) electrons. The van der Waals surface area contributed by atoms with Gasteiger partial charge in [0.25, 0.3) is 0 Å². The van der Waals surface area contributed by atoms with Crippen molar-refractivity contribution >= 4 is 22.4 Å². The number of hydrogen-bond donors (Lipinski definition) is 1. The van der Waals surface area contributed by atoms with Crippen molar-refractivity contribution in [2.24, 2.45) is 5.73 Å². The lowest BCUT2D eigenvalue weighted by Crippen LogP contribution is -2.09. The highest BCUT2D eigenvalue weighted by Crippen LogP contribution is 2.23. The Kier molecular flexibility index (Phi) is 4.08. The van der Waals surface area contributed by atoms with Crippen molar-refractivity contribution in [2.75, 3.05) is 6.54 Å². The number of benzene rings is 1. The zero-order valence-corrected chi connectivity index (χ0v) is 13.4. The normalized spacial score (nSPS) is 11.4. The second-order valence-corrected chi connectivity index (χ2v) is 6.54. The van der Waals surface area contributed by atoms with Crippen LogP contribution in [0, 0.1) is 13.8 Å². The summed E-state index contributed by atoms with van der Waals surface area (Å²) in [6.07, 6.45) is 1.88. The summed E-state index contributed by atoms with van der Waals surface area (Å²) in [7, 11) is 0. The summed E-state index contributed by atoms with van der Waals surface area (Å²) in [5.74, 6) is 1.14. The fourth-order valence-corrected chi connectivity index (χ4v) is 3.33. The molecule has 110 valence electrons. The fourth-order valence-electron chi connectivity index (χ4n) is 2.63. The van der Waals surface area contributed by atoms with Crippen molar-refractivity contribution in [1.82, 2.24) is 9.55 Å². The summed E-state index contributed by atoms with van der Waals surface area (Å²) >= 11 is 1.79. The van der Waals surface area contributed by atoms with E-state index in [1.54, 1.807) is 11.3 Å². The molecule has 3 nitrogen and oxygen atoms in total. The average Bonchev–Trinajstić information content (AvgIpc) is 3.06. The Hall–Kier alpha value is -1.65. The molecule has 21 heavy (non-hydrogen) atoms. The number of rotatable bonds is 5. The molecule has 0 aliphatic rings. The lowest BCUT2D eigenvalue weighted by atomic mass is 10.1. The SMILES string of the molecule is Cc1cc2nc(Cc3cccs3)n(CCCN)c2cc1C. The van der Waals surface area contributed by atoms with E-state index in [0.717, 1.165) is 30.7 Å². The summed E-state index contributed by atoms with van der Waals surface area (Å²) in [6, 6.07) is 8.72. The van der Waals surface area contributed by atoms with Crippen LogP contribution in [-0.4, -0.2) is 16.1 Å². The van der Waals surface area contributed by atoms with Crippen LogP contribution in [-0.2, 0) is 13.0 Å². The molecule has 0 spiro atoms. The lowest BCUT2D eigenvalue weighted by molar-refractivity contribution is 0.640. The highest BCUT2D eigenvalue weighted by Gasteiger charge is 2.12. The Morgan fingerprint density at radius 2 is 2.05 bits per heavy atom. The van der Waals surface area contributed by atoms with Crippen molar-refractivity contribution in [2.45, 2.75) is 33.2 Å². The Balaban J connectivity index is 2.08. The first-order valence-electron chi connectivity index (χ1n) is 7.38. The van der Waals surface area contributed by atoms with Gasteiger partial charge in [0, 0.05) is 17.8 Å². The maximum Gasteiger partial charge on any atom is 0.115 e. The molecule has 0 aliphatic heterocycles. The topological polar surface area (TPSA) is 43.8 Å². The summed E-state index contributed by atoms with van der Waals surface area (Å²) in [4.78, 5) is 6.23. The van der Waals surface area contributed by atoms with Gasteiger partial charge in [-0.05, 0) is 61.5 Å². The molecule has 3 aromatic rings. The van der Waals surface area contributed by atoms with Crippen molar-refractivity contribution in [3.8, 4) is 0 Å². The lowest BCUT2D eigenvalue weighted by Gasteiger charge is -2.08. The predicted octanol–water partition coefficient (Wildman–Crippen LogP) is 3.65. The molecule has 0 unspecified atom stereocenters. The van der Waals surface area contributed by atoms with Crippen molar-refractivity contribution < 1.29 is 0 Å². The average molecular weight is 299 g/mol. The molecular formula is C17H21N3S. The molecule has 0 fully saturated rings. The molecule has 0 saturated carbocycles. The Bertz CT molecular complexity index is 741. The summed E-state index contributed by atoms with van der Waals surface area (Å²) in [6.45, 7) is 5.96. The van der Waals surface area contributed by atoms with Gasteiger partial charge in [0.1, 0.15) is 5.82 Å². The van der Waals surface area contributed by atoms with Crippen LogP contribution in [0.4, 0.5) is 0 Å². The van der Waals surface area contributed by atoms with Gasteiger partial charge in [-0.2, -0.15) is 0 Å². The van der Waals surface area contributed by atoms with Crippen LogP contribution in [0.1, 0.15) is 28.2 Å². The monoisotopic (exact) mass is 299 g/mol. The number of aryl methyl sites for hydroxylation is 3. The minimum Gasteiger partial charge on any atom is -0.330 e. The maximum absolute atomic E-state index is 5.70. The Labute approximate surface area is 129 Å². The van der Waals surface area contributed by atoms with Gasteiger partial charge in [-0.25, -0.2) is 4.98 Å². The number of aromatic nitrogens is 2. The molecule has 3 rings (SSSR count). The Morgan fingerprint density at radius 1 is 1.24 bits per heavy atom. The molecule has 2 N–H and O–H groups in total. The van der Waals surface area contributed by atoms with Crippen LogP contribution in [0.15, 0.2) is 29.6 Å². The Morgan fingerprint density at radius 3 is 2.76 bits per heavy atom. The van der Waals surface area contributed by atoms with E-state index < -0.39 is 0 Å². The van der Waals surface area contributed by atoms with E-state index in [-0.39, 0.29) is 0 Å². The summed E-state index contributed by atoms with van der Waals surface area (Å²) < 4.78 is 2.34. The highest BCUT2D eigenvalue weighted by atomic mass is 32.1. The van der Waals surface area contributed by atoms with Crippen LogP contribution in [0.3, 0.4) is 0 Å². The molecule has 0 atom stereocenters. The minimum absolute atomic E-state index is 0.711. The van der Waals surface area contributed by atoms with Crippen LogP contribution < -0.4 is 5.73 Å². The van der Waals surface area contributed by atoms with E-state index >= 15 is 0 Å². The number of thiophene rings is 1. The van der Waals surface area contributed by atoms with Crippen LogP contribution in [0.5, 0.6) is 0 Å². The second-order valence-electron chi connectivity index (χ2n) is 5.50. The summed E-state index contributed by atoms with van der Waals surface area (Å²) in [5, 5.41) is 2.12. The van der Waals surface area contributed by atoms with E-state index in [4.69, 9.17) is 10.7 Å². The van der Waals surface area contributed by atoms with Gasteiger partial charge in [-0.1, -0.05) is 6.07 Å². The molecule has 0 saturated heterocycles. The number of imidazole rings is 1. The van der Waals surface area contributed by atoms with Gasteiger partial charge in [-0.15, -0.1) is 11.3 Å². The first-order valence-corrected chi connectivity index (χ1v) is 8.26. The molecule has 0 aliphatic carbocycles. The number of hydrogen-bond acceptors (Lipinski definition) is 3. The van der Waals surface area contributed by atoms with Gasteiger partial charge in [0.2, 0.25) is 0 Å². The van der Waals surface area contributed by atoms with Crippen LogP contribution >= 0.6 is 11.3 Å². The van der Waals surface area contributed by atoms with E-state index in [0.29, 0.717) is 6.54 Å². The molecule has 2 aromatic heterocycles. The van der Waals surface area contributed by atoms with Crippen LogP contribution in [0.2, 0.25) is 0 Å². The quantitative estimate of drug-likeness (QED) is 0.781. The molecule has 0 bridgehead atoms. The van der Waals surface area contributed by atoms with Crippen molar-refractivity contribution in [3.63, 3.8) is 0 Å². The van der Waals surface area contributed by atoms with Crippen LogP contribution in [0.25, 0.3) is 11.0 Å². The summed E-state index contributed by atoms with van der Waals surface area (Å²) in [5.41, 5.74) is 10.6. The number of nitrogens with zero attached hydrogens (tertiary/aromatic N) is 2. The van der Waals surface area contributed by atoms with E-state index in [1.165, 1.54) is 21.5 Å². The predicted molar refractivity (Wildman–Crippen MR) is 90.0 cm³/mol. The van der Waals surface area contributed by atoms with Gasteiger partial charge >= 0.3 is 0 Å². The van der Waals surface area contributed by atoms with Gasteiger partial charge in [-0.3, -0.25) is 0 Å². The van der Waals surface area contributed by atoms with E-state index in [1.807, 2.05) is 0 Å². The van der Waals surface area contributed by atoms with Crippen molar-refractivity contribution in [1.29, 1.82) is 0 Å². The third-order valence-electron chi connectivity index (χ3n) is 3.94. The third kappa shape index (κ3) is 2.87. The third-order valence-corrected chi connectivity index (χ3v) is 4.82. The van der Waals surface area contributed by atoms with E-state index in [2.05, 4.69) is 48.1 Å². The number of fused-ring (bicyclic) bond motifs is 1. The smallest absolute Gasteiger partial charge is 0.115 e. The molecule has 2 heterocycles. The van der Waals surface area contributed by atoms with Gasteiger partial charge in [0.15, 0.2) is 0 Å². The standard InChI is InChI=1S/C17H21N3S/c1-12-9-15-16(10-13(12)2)20(7-4-6-18)17(19-15)11-14-5-3-8-21-14/h3,5,8-10H,4,6-7,11,18H2,1-2H3. The zero-order chi connectivity index (χ0) is 14.8. The molecule has 1 aromatic carbocycles. The number of nitrogens with two attached hydrogens (primary N) is 1. The second kappa shape index (κ2) is 6.00. The first-order chi connectivity index (χ1) is 10.2. The first kappa shape index (κ1) is 14.3. The zero-order valence-electron chi connectivity index (χ0n) is 12.6. The molecule has 4 heteroatoms. The molecular weight excluding hydrogens is 278 g/mol.